The van der Waals surface area contributed by atoms with Crippen molar-refractivity contribution in [1.29, 1.82) is 0 Å². The van der Waals surface area contributed by atoms with Crippen LogP contribution in [0.5, 0.6) is 0 Å². The van der Waals surface area contributed by atoms with Crippen LogP contribution in [-0.4, -0.2) is 37.0 Å². The Morgan fingerprint density at radius 2 is 1.88 bits per heavy atom. The average Bonchev–Trinajstić information content (AvgIpc) is 3.09. The first-order valence-corrected chi connectivity index (χ1v) is 10.8. The lowest BCUT2D eigenvalue weighted by Crippen LogP contribution is -2.22. The highest BCUT2D eigenvalue weighted by atomic mass is 79.9. The van der Waals surface area contributed by atoms with Gasteiger partial charge in [0, 0.05) is 24.3 Å². The summed E-state index contributed by atoms with van der Waals surface area (Å²) >= 11 is 4.82. The van der Waals surface area contributed by atoms with Gasteiger partial charge in [-0.15, -0.1) is 10.2 Å². The fraction of sp³-hybridized carbons (Fsp3) is 0.176. The van der Waals surface area contributed by atoms with E-state index in [1.807, 2.05) is 30.3 Å². The number of nitrogens with zero attached hydrogens (tertiary/aromatic N) is 3. The summed E-state index contributed by atoms with van der Waals surface area (Å²) in [5.41, 5.74) is 1.68. The van der Waals surface area contributed by atoms with Crippen molar-refractivity contribution < 1.29 is 12.8 Å². The van der Waals surface area contributed by atoms with Gasteiger partial charge in [-0.3, -0.25) is 0 Å². The minimum Gasteiger partial charge on any atom is -0.411 e. The molecule has 3 rings (SSSR count). The van der Waals surface area contributed by atoms with Crippen LogP contribution in [0.4, 0.5) is 0 Å². The number of aromatic nitrogens is 2. The first-order chi connectivity index (χ1) is 12.4. The van der Waals surface area contributed by atoms with Crippen LogP contribution in [0.15, 0.2) is 67.5 Å². The first-order valence-electron chi connectivity index (χ1n) is 7.60. The quantitative estimate of drug-likeness (QED) is 0.524. The number of sulfonamides is 1. The maximum Gasteiger partial charge on any atom is 0.277 e. The van der Waals surface area contributed by atoms with Crippen LogP contribution in [0.3, 0.4) is 0 Å². The van der Waals surface area contributed by atoms with Gasteiger partial charge in [0.15, 0.2) is 0 Å². The van der Waals surface area contributed by atoms with Gasteiger partial charge in [-0.1, -0.05) is 36.0 Å². The minimum absolute atomic E-state index is 0.264. The predicted molar refractivity (Wildman–Crippen MR) is 104 cm³/mol. The molecule has 0 saturated carbocycles. The van der Waals surface area contributed by atoms with E-state index >= 15 is 0 Å². The molecule has 0 aliphatic carbocycles. The van der Waals surface area contributed by atoms with Gasteiger partial charge >= 0.3 is 0 Å². The minimum atomic E-state index is -3.45. The Hall–Kier alpha value is -1.68. The highest BCUT2D eigenvalue weighted by Gasteiger charge is 2.17. The second-order valence-electron chi connectivity index (χ2n) is 5.58. The van der Waals surface area contributed by atoms with Crippen molar-refractivity contribution in [2.75, 3.05) is 14.1 Å². The number of thioether (sulfide) groups is 1. The largest absolute Gasteiger partial charge is 0.411 e. The summed E-state index contributed by atoms with van der Waals surface area (Å²) in [7, 11) is -0.427. The van der Waals surface area contributed by atoms with Gasteiger partial charge in [-0.2, -0.15) is 0 Å². The lowest BCUT2D eigenvalue weighted by Gasteiger charge is -2.11. The van der Waals surface area contributed by atoms with E-state index in [0.29, 0.717) is 16.9 Å². The van der Waals surface area contributed by atoms with Crippen molar-refractivity contribution >= 4 is 37.7 Å². The molecule has 0 aliphatic heterocycles. The van der Waals surface area contributed by atoms with E-state index in [9.17, 15) is 8.42 Å². The number of rotatable bonds is 6. The van der Waals surface area contributed by atoms with Gasteiger partial charge in [0.25, 0.3) is 5.22 Å². The Kier molecular flexibility index (Phi) is 5.81. The lowest BCUT2D eigenvalue weighted by molar-refractivity contribution is 0.465. The van der Waals surface area contributed by atoms with Crippen molar-refractivity contribution in [2.24, 2.45) is 0 Å². The van der Waals surface area contributed by atoms with Crippen LogP contribution >= 0.6 is 27.7 Å². The Morgan fingerprint density at radius 1 is 1.12 bits per heavy atom. The molecule has 0 bridgehead atoms. The molecular weight excluding hydrogens is 438 g/mol. The third-order valence-corrected chi connectivity index (χ3v) is 6.94. The molecule has 0 amide bonds. The fourth-order valence-corrected chi connectivity index (χ4v) is 4.30. The molecule has 26 heavy (non-hydrogen) atoms. The summed E-state index contributed by atoms with van der Waals surface area (Å²) in [6.07, 6.45) is 0. The Morgan fingerprint density at radius 3 is 2.62 bits per heavy atom. The van der Waals surface area contributed by atoms with E-state index < -0.39 is 10.0 Å². The Bertz CT molecular complexity index is 1020. The second kappa shape index (κ2) is 7.91. The van der Waals surface area contributed by atoms with Gasteiger partial charge in [0.2, 0.25) is 15.9 Å². The van der Waals surface area contributed by atoms with Gasteiger partial charge in [0.1, 0.15) is 0 Å². The molecular formula is C17H16BrN3O3S2. The molecule has 1 aromatic heterocycles. The van der Waals surface area contributed by atoms with Crippen LogP contribution in [0, 0.1) is 0 Å². The maximum atomic E-state index is 12.2. The zero-order valence-corrected chi connectivity index (χ0v) is 17.3. The summed E-state index contributed by atoms with van der Waals surface area (Å²) in [4.78, 5) is 0.264. The van der Waals surface area contributed by atoms with Crippen LogP contribution in [-0.2, 0) is 15.8 Å². The molecule has 136 valence electrons. The summed E-state index contributed by atoms with van der Waals surface area (Å²) in [5.74, 6) is 0.956. The van der Waals surface area contributed by atoms with Crippen molar-refractivity contribution in [3.8, 4) is 11.5 Å². The monoisotopic (exact) mass is 453 g/mol. The molecule has 1 heterocycles. The molecule has 0 fully saturated rings. The molecule has 0 radical (unpaired) electrons. The molecule has 0 N–H and O–H groups in total. The van der Waals surface area contributed by atoms with Gasteiger partial charge in [-0.05, 0) is 45.8 Å². The Balaban J connectivity index is 1.74. The zero-order valence-electron chi connectivity index (χ0n) is 14.1. The molecule has 6 nitrogen and oxygen atoms in total. The standard InChI is InChI=1S/C17H16BrN3O3S2/c1-21(2)26(22,23)13-7-5-6-12(10-13)11-25-17-20-19-16(24-17)14-8-3-4-9-15(14)18/h3-10H,11H2,1-2H3. The van der Waals surface area contributed by atoms with Crippen molar-refractivity contribution in [3.05, 3.63) is 58.6 Å². The van der Waals surface area contributed by atoms with Gasteiger partial charge in [0.05, 0.1) is 10.5 Å². The van der Waals surface area contributed by atoms with Gasteiger partial charge in [-0.25, -0.2) is 12.7 Å². The number of hydrogen-bond acceptors (Lipinski definition) is 6. The SMILES string of the molecule is CN(C)S(=O)(=O)c1cccc(CSc2nnc(-c3ccccc3Br)o2)c1. The number of benzene rings is 2. The smallest absolute Gasteiger partial charge is 0.277 e. The normalized spacial score (nSPS) is 11.8. The van der Waals surface area contributed by atoms with E-state index in [1.54, 1.807) is 18.2 Å². The maximum absolute atomic E-state index is 12.2. The highest BCUT2D eigenvalue weighted by Crippen LogP contribution is 2.30. The van der Waals surface area contributed by atoms with E-state index in [1.165, 1.54) is 30.2 Å². The molecule has 3 aromatic rings. The van der Waals surface area contributed by atoms with Crippen LogP contribution in [0.25, 0.3) is 11.5 Å². The summed E-state index contributed by atoms with van der Waals surface area (Å²) in [6, 6.07) is 14.4. The Labute approximate surface area is 164 Å². The third kappa shape index (κ3) is 4.17. The van der Waals surface area contributed by atoms with E-state index in [-0.39, 0.29) is 4.90 Å². The molecule has 0 aliphatic rings. The number of halogens is 1. The second-order valence-corrected chi connectivity index (χ2v) is 9.51. The van der Waals surface area contributed by atoms with Crippen molar-refractivity contribution in [1.82, 2.24) is 14.5 Å². The van der Waals surface area contributed by atoms with Gasteiger partial charge < -0.3 is 4.42 Å². The molecule has 0 saturated heterocycles. The van der Waals surface area contributed by atoms with Crippen molar-refractivity contribution in [2.45, 2.75) is 15.9 Å². The summed E-state index contributed by atoms with van der Waals surface area (Å²) < 4.78 is 32.2. The molecule has 0 unspecified atom stereocenters. The molecule has 2 aromatic carbocycles. The molecule has 9 heteroatoms. The average molecular weight is 454 g/mol. The summed E-state index contributed by atoms with van der Waals surface area (Å²) in [5, 5.41) is 8.54. The van der Waals surface area contributed by atoms with Crippen LogP contribution < -0.4 is 0 Å². The lowest BCUT2D eigenvalue weighted by atomic mass is 10.2. The highest BCUT2D eigenvalue weighted by molar-refractivity contribution is 9.10. The first kappa shape index (κ1) is 19.1. The van der Waals surface area contributed by atoms with E-state index in [4.69, 9.17) is 4.42 Å². The van der Waals surface area contributed by atoms with Crippen LogP contribution in [0.2, 0.25) is 0 Å². The molecule has 0 atom stereocenters. The number of hydrogen-bond donors (Lipinski definition) is 0. The molecule has 0 spiro atoms. The van der Waals surface area contributed by atoms with E-state index in [2.05, 4.69) is 26.1 Å². The topological polar surface area (TPSA) is 76.3 Å². The van der Waals surface area contributed by atoms with E-state index in [0.717, 1.165) is 15.6 Å². The predicted octanol–water partition coefficient (Wildman–Crippen LogP) is 4.04. The summed E-state index contributed by atoms with van der Waals surface area (Å²) in [6.45, 7) is 0. The third-order valence-electron chi connectivity index (χ3n) is 3.55. The van der Waals surface area contributed by atoms with Crippen molar-refractivity contribution in [3.63, 3.8) is 0 Å². The fourth-order valence-electron chi connectivity index (χ4n) is 2.16. The van der Waals surface area contributed by atoms with Crippen LogP contribution in [0.1, 0.15) is 5.56 Å². The zero-order chi connectivity index (χ0) is 18.7.